The Morgan fingerprint density at radius 3 is 2.31 bits per heavy atom. The lowest BCUT2D eigenvalue weighted by Crippen LogP contribution is -2.67. The molecule has 2 fully saturated rings. The number of aliphatic hydroxyl groups is 3. The number of carbonyl (C=O) groups is 3. The summed E-state index contributed by atoms with van der Waals surface area (Å²) in [5.74, 6) is -1.98. The number of amides is 3. The Bertz CT molecular complexity index is 926. The second kappa shape index (κ2) is 11.7. The molecule has 6 N–H and O–H groups in total. The van der Waals surface area contributed by atoms with Crippen LogP contribution in [0, 0.1) is 5.92 Å². The number of benzene rings is 1. The van der Waals surface area contributed by atoms with Gasteiger partial charge in [0, 0.05) is 13.1 Å². The molecule has 0 spiro atoms. The number of rotatable bonds is 10. The summed E-state index contributed by atoms with van der Waals surface area (Å²) >= 11 is 0. The molecule has 1 aromatic rings. The molecule has 1 aromatic carbocycles. The number of primary amides is 1. The summed E-state index contributed by atoms with van der Waals surface area (Å²) in [7, 11) is 0. The van der Waals surface area contributed by atoms with E-state index in [0.717, 1.165) is 5.56 Å². The number of nitrogens with two attached hydrogens (primary N) is 1. The van der Waals surface area contributed by atoms with Gasteiger partial charge in [-0.1, -0.05) is 37.3 Å². The minimum Gasteiger partial charge on any atom is -0.393 e. The van der Waals surface area contributed by atoms with Gasteiger partial charge in [-0.25, -0.2) is 0 Å². The van der Waals surface area contributed by atoms with Crippen LogP contribution in [0.4, 0.5) is 0 Å². The molecule has 0 aliphatic carbocycles. The minimum absolute atomic E-state index is 0.263. The molecule has 2 aliphatic rings. The van der Waals surface area contributed by atoms with Crippen molar-refractivity contribution in [2.75, 3.05) is 13.1 Å². The number of likely N-dealkylation sites (tertiary alicyclic amines) is 2. The summed E-state index contributed by atoms with van der Waals surface area (Å²) in [6.45, 7) is 5.42. The molecular weight excluding hydrogens is 464 g/mol. The zero-order valence-electron chi connectivity index (χ0n) is 21.3. The summed E-state index contributed by atoms with van der Waals surface area (Å²) in [6.07, 6.45) is -0.800. The molecule has 7 atom stereocenters. The van der Waals surface area contributed by atoms with Crippen molar-refractivity contribution < 1.29 is 29.7 Å². The summed E-state index contributed by atoms with van der Waals surface area (Å²) in [6, 6.07) is 7.55. The van der Waals surface area contributed by atoms with E-state index in [9.17, 15) is 29.7 Å². The first-order chi connectivity index (χ1) is 17.0. The number of hydrogen-bond donors (Lipinski definition) is 5. The zero-order valence-corrected chi connectivity index (χ0v) is 21.3. The van der Waals surface area contributed by atoms with Crippen molar-refractivity contribution in [2.24, 2.45) is 11.7 Å². The standard InChI is InChI=1S/C26H40N4O6/c1-16(17(2)31)23(34)29-13-7-11-20(29)24(35)30-14-8-12-26(30,15-19-9-5-4-6-10-19)25(36)28-21(18(3)32)22(27)33/h4-6,9-10,16-18,20-21,25,28,31-32,36H,7-8,11-15H2,1-3H3,(H2,27,33)/t16-,17+,18+,20-,21-,25+,26-/m0/s1. The molecule has 36 heavy (non-hydrogen) atoms. The van der Waals surface area contributed by atoms with Gasteiger partial charge in [-0.2, -0.15) is 0 Å². The molecular formula is C26H40N4O6. The monoisotopic (exact) mass is 504 g/mol. The van der Waals surface area contributed by atoms with Crippen LogP contribution in [0.5, 0.6) is 0 Å². The molecule has 2 heterocycles. The van der Waals surface area contributed by atoms with Gasteiger partial charge in [-0.3, -0.25) is 19.7 Å². The Kier molecular flexibility index (Phi) is 9.10. The average molecular weight is 505 g/mol. The lowest BCUT2D eigenvalue weighted by atomic mass is 9.85. The van der Waals surface area contributed by atoms with Crippen LogP contribution in [0.3, 0.4) is 0 Å². The van der Waals surface area contributed by atoms with Crippen LogP contribution in [0.2, 0.25) is 0 Å². The second-order valence-electron chi connectivity index (χ2n) is 10.3. The van der Waals surface area contributed by atoms with Crippen molar-refractivity contribution in [1.82, 2.24) is 15.1 Å². The second-order valence-corrected chi connectivity index (χ2v) is 10.3. The van der Waals surface area contributed by atoms with E-state index in [-0.39, 0.29) is 11.8 Å². The smallest absolute Gasteiger partial charge is 0.245 e. The van der Waals surface area contributed by atoms with E-state index in [1.807, 2.05) is 30.3 Å². The molecule has 10 heteroatoms. The Morgan fingerprint density at radius 1 is 1.06 bits per heavy atom. The number of hydrogen-bond acceptors (Lipinski definition) is 7. The SMILES string of the molecule is C[C@H](C(=O)N1CCC[C@H]1C(=O)N1CCC[C@]1(Cc1ccccc1)[C@@H](O)N[C@H](C(N)=O)[C@@H](C)O)[C@@H](C)O. The maximum absolute atomic E-state index is 14.0. The van der Waals surface area contributed by atoms with Crippen molar-refractivity contribution in [1.29, 1.82) is 0 Å². The molecule has 0 radical (unpaired) electrons. The zero-order chi connectivity index (χ0) is 26.6. The number of carbonyl (C=O) groups excluding carboxylic acids is 3. The van der Waals surface area contributed by atoms with Crippen LogP contribution in [0.25, 0.3) is 0 Å². The van der Waals surface area contributed by atoms with Crippen LogP contribution >= 0.6 is 0 Å². The van der Waals surface area contributed by atoms with E-state index in [1.165, 1.54) is 6.92 Å². The fourth-order valence-corrected chi connectivity index (χ4v) is 5.46. The highest BCUT2D eigenvalue weighted by atomic mass is 16.3. The third kappa shape index (κ3) is 5.72. The predicted molar refractivity (Wildman–Crippen MR) is 133 cm³/mol. The van der Waals surface area contributed by atoms with Gasteiger partial charge in [-0.05, 0) is 51.5 Å². The van der Waals surface area contributed by atoms with E-state index in [4.69, 9.17) is 5.73 Å². The molecule has 200 valence electrons. The fraction of sp³-hybridized carbons (Fsp3) is 0.654. The molecule has 10 nitrogen and oxygen atoms in total. The quantitative estimate of drug-likeness (QED) is 0.275. The topological polar surface area (TPSA) is 156 Å². The largest absolute Gasteiger partial charge is 0.393 e. The summed E-state index contributed by atoms with van der Waals surface area (Å²) in [5.41, 5.74) is 5.24. The maximum Gasteiger partial charge on any atom is 0.245 e. The molecule has 3 rings (SSSR count). The van der Waals surface area contributed by atoms with Gasteiger partial charge < -0.3 is 30.9 Å². The maximum atomic E-state index is 14.0. The van der Waals surface area contributed by atoms with E-state index < -0.39 is 47.9 Å². The lowest BCUT2D eigenvalue weighted by Gasteiger charge is -2.45. The van der Waals surface area contributed by atoms with Gasteiger partial charge in [0.25, 0.3) is 0 Å². The summed E-state index contributed by atoms with van der Waals surface area (Å²) in [4.78, 5) is 42.2. The first-order valence-corrected chi connectivity index (χ1v) is 12.7. The predicted octanol–water partition coefficient (Wildman–Crippen LogP) is -0.259. The van der Waals surface area contributed by atoms with E-state index in [1.54, 1.807) is 23.6 Å². The van der Waals surface area contributed by atoms with Gasteiger partial charge in [0.2, 0.25) is 17.7 Å². The summed E-state index contributed by atoms with van der Waals surface area (Å²) < 4.78 is 0. The average Bonchev–Trinajstić information content (AvgIpc) is 3.49. The minimum atomic E-state index is -1.36. The van der Waals surface area contributed by atoms with Gasteiger partial charge in [0.1, 0.15) is 18.3 Å². The fourth-order valence-electron chi connectivity index (χ4n) is 5.46. The van der Waals surface area contributed by atoms with E-state index >= 15 is 0 Å². The highest BCUT2D eigenvalue weighted by Crippen LogP contribution is 2.38. The molecule has 0 saturated carbocycles. The van der Waals surface area contributed by atoms with Gasteiger partial charge in [0.15, 0.2) is 0 Å². The van der Waals surface area contributed by atoms with Crippen LogP contribution < -0.4 is 11.1 Å². The van der Waals surface area contributed by atoms with E-state index in [2.05, 4.69) is 5.32 Å². The highest BCUT2D eigenvalue weighted by molar-refractivity contribution is 5.90. The van der Waals surface area contributed by atoms with Crippen LogP contribution in [-0.2, 0) is 20.8 Å². The molecule has 0 bridgehead atoms. The van der Waals surface area contributed by atoms with Crippen LogP contribution in [-0.4, -0.2) is 92.0 Å². The van der Waals surface area contributed by atoms with Gasteiger partial charge in [0.05, 0.1) is 23.7 Å². The van der Waals surface area contributed by atoms with Gasteiger partial charge in [-0.15, -0.1) is 0 Å². The van der Waals surface area contributed by atoms with Crippen LogP contribution in [0.15, 0.2) is 30.3 Å². The highest BCUT2D eigenvalue weighted by Gasteiger charge is 2.52. The normalized spacial score (nSPS) is 26.3. The number of aliphatic hydroxyl groups excluding tert-OH is 3. The lowest BCUT2D eigenvalue weighted by molar-refractivity contribution is -0.154. The molecule has 2 saturated heterocycles. The Labute approximate surface area is 212 Å². The van der Waals surface area contributed by atoms with Crippen LogP contribution in [0.1, 0.15) is 52.0 Å². The van der Waals surface area contributed by atoms with E-state index in [0.29, 0.717) is 45.2 Å². The Balaban J connectivity index is 1.95. The third-order valence-corrected chi connectivity index (χ3v) is 7.72. The van der Waals surface area contributed by atoms with Crippen molar-refractivity contribution in [2.45, 2.75) is 88.9 Å². The first-order valence-electron chi connectivity index (χ1n) is 12.7. The Morgan fingerprint density at radius 2 is 1.72 bits per heavy atom. The molecule has 3 amide bonds. The van der Waals surface area contributed by atoms with Gasteiger partial charge >= 0.3 is 0 Å². The molecule has 0 unspecified atom stereocenters. The van der Waals surface area contributed by atoms with Crippen molar-refractivity contribution in [3.8, 4) is 0 Å². The van der Waals surface area contributed by atoms with Crippen molar-refractivity contribution in [3.05, 3.63) is 35.9 Å². The van der Waals surface area contributed by atoms with Crippen molar-refractivity contribution in [3.63, 3.8) is 0 Å². The first kappa shape index (κ1) is 28.0. The van der Waals surface area contributed by atoms with Crippen molar-refractivity contribution >= 4 is 17.7 Å². The number of nitrogens with zero attached hydrogens (tertiary/aromatic N) is 2. The molecule has 0 aromatic heterocycles. The number of nitrogens with one attached hydrogen (secondary N) is 1. The Hall–Kier alpha value is -2.53. The molecule has 2 aliphatic heterocycles. The summed E-state index contributed by atoms with van der Waals surface area (Å²) in [5, 5.41) is 34.3. The third-order valence-electron chi connectivity index (χ3n) is 7.72.